The maximum absolute atomic E-state index is 14.2. The summed E-state index contributed by atoms with van der Waals surface area (Å²) >= 11 is 5.96. The lowest BCUT2D eigenvalue weighted by atomic mass is 10.1. The van der Waals surface area contributed by atoms with Gasteiger partial charge in [0.05, 0.1) is 16.2 Å². The number of aliphatic hydroxyl groups is 1. The summed E-state index contributed by atoms with van der Waals surface area (Å²) in [4.78, 5) is 28.3. The Balaban J connectivity index is 1.19. The minimum atomic E-state index is -0.786. The second-order valence-electron chi connectivity index (χ2n) is 10.2. The molecule has 2 heterocycles. The number of hydrogen-bond donors (Lipinski definition) is 3. The molecule has 2 aromatic carbocycles. The molecule has 0 radical (unpaired) electrons. The van der Waals surface area contributed by atoms with Gasteiger partial charge in [-0.2, -0.15) is 0 Å². The quantitative estimate of drug-likeness (QED) is 0.387. The Morgan fingerprint density at radius 2 is 1.90 bits per heavy atom. The van der Waals surface area contributed by atoms with E-state index in [1.165, 1.54) is 18.3 Å². The van der Waals surface area contributed by atoms with Gasteiger partial charge in [-0.3, -0.25) is 19.9 Å². The van der Waals surface area contributed by atoms with E-state index in [2.05, 4.69) is 5.43 Å². The highest BCUT2D eigenvalue weighted by molar-refractivity contribution is 6.31. The number of hydrogen-bond acceptors (Lipinski definition) is 7. The Morgan fingerprint density at radius 1 is 1.18 bits per heavy atom. The third-order valence-electron chi connectivity index (χ3n) is 7.22. The number of nitrogens with one attached hydrogen (secondary N) is 1. The number of piperazine rings is 1. The molecule has 5 rings (SSSR count). The second kappa shape index (κ2) is 10.8. The van der Waals surface area contributed by atoms with Crippen LogP contribution in [0.4, 0.5) is 8.78 Å². The molecule has 0 unspecified atom stereocenters. The average molecular weight is 562 g/mol. The Kier molecular flexibility index (Phi) is 7.62. The Hall–Kier alpha value is -3.09. The zero-order valence-electron chi connectivity index (χ0n) is 21.4. The normalized spacial score (nSPS) is 18.2. The number of nitrogens with zero attached hydrogens (tertiary/aromatic N) is 3. The molecule has 2 aliphatic rings. The van der Waals surface area contributed by atoms with Gasteiger partial charge in [0.25, 0.3) is 5.91 Å². The molecule has 1 saturated carbocycles. The summed E-state index contributed by atoms with van der Waals surface area (Å²) in [5, 5.41) is 12.0. The number of fused-ring (bicyclic) bond motifs is 1. The fraction of sp³-hybridized carbons (Fsp3) is 0.407. The molecule has 1 amide bonds. The molecule has 208 valence electrons. The molecule has 1 saturated heterocycles. The molecule has 0 spiro atoms. The molecule has 4 N–H and O–H groups in total. The van der Waals surface area contributed by atoms with Crippen LogP contribution >= 0.6 is 11.6 Å². The molecular formula is C27H30ClF2N5O4. The molecule has 39 heavy (non-hydrogen) atoms. The summed E-state index contributed by atoms with van der Waals surface area (Å²) < 4.78 is 35.0. The van der Waals surface area contributed by atoms with E-state index in [1.807, 2.05) is 4.90 Å². The van der Waals surface area contributed by atoms with Crippen molar-refractivity contribution in [3.05, 3.63) is 74.5 Å². The van der Waals surface area contributed by atoms with Crippen molar-refractivity contribution in [2.45, 2.75) is 31.5 Å². The number of aromatic nitrogens is 1. The molecule has 1 aliphatic heterocycles. The van der Waals surface area contributed by atoms with E-state index in [1.54, 1.807) is 28.6 Å². The lowest BCUT2D eigenvalue weighted by Gasteiger charge is -2.35. The first kappa shape index (κ1) is 27.5. The second-order valence-corrected chi connectivity index (χ2v) is 10.6. The number of amides is 1. The zero-order chi connectivity index (χ0) is 27.9. The van der Waals surface area contributed by atoms with Crippen molar-refractivity contribution in [2.75, 3.05) is 39.3 Å². The van der Waals surface area contributed by atoms with Gasteiger partial charge in [0.2, 0.25) is 5.43 Å². The summed E-state index contributed by atoms with van der Waals surface area (Å²) in [6, 6.07) is 6.96. The van der Waals surface area contributed by atoms with Crippen LogP contribution in [0, 0.1) is 18.6 Å². The Bertz CT molecular complexity index is 1470. The predicted molar refractivity (Wildman–Crippen MR) is 143 cm³/mol. The SMILES string of the molecule is Cc1ccc(OC[C@H](O)CN2CCN(NC(=O)c3cn(C4(N)CC4)c4cc(Cl)c(F)cc4c3=O)CC2)cc1F. The van der Waals surface area contributed by atoms with E-state index in [4.69, 9.17) is 22.1 Å². The van der Waals surface area contributed by atoms with Crippen molar-refractivity contribution in [3.63, 3.8) is 0 Å². The standard InChI is InChI=1S/C27H30ClF2N5O4/c1-16-2-3-18(10-22(16)29)39-15-17(36)13-33-6-8-34(9-7-33)32-26(38)20-14-35(27(31)4-5-27)24-12-21(28)23(30)11-19(24)25(20)37/h2-3,10-12,14,17,36H,4-9,13,15,31H2,1H3,(H,32,38)/t17-/m1/s1. The van der Waals surface area contributed by atoms with Crippen molar-refractivity contribution >= 4 is 28.4 Å². The van der Waals surface area contributed by atoms with Gasteiger partial charge >= 0.3 is 0 Å². The number of β-amino-alcohol motifs (C(OH)–C–C–N with tert-alkyl or cyclic N) is 1. The molecule has 1 aliphatic carbocycles. The molecule has 1 atom stereocenters. The maximum atomic E-state index is 14.2. The highest BCUT2D eigenvalue weighted by atomic mass is 35.5. The van der Waals surface area contributed by atoms with Crippen LogP contribution in [0.1, 0.15) is 28.8 Å². The van der Waals surface area contributed by atoms with Gasteiger partial charge in [0.1, 0.15) is 35.7 Å². The van der Waals surface area contributed by atoms with Crippen molar-refractivity contribution in [2.24, 2.45) is 5.73 Å². The van der Waals surface area contributed by atoms with Crippen molar-refractivity contribution in [1.82, 2.24) is 19.9 Å². The monoisotopic (exact) mass is 561 g/mol. The van der Waals surface area contributed by atoms with Crippen LogP contribution in [-0.4, -0.2) is 70.9 Å². The zero-order valence-corrected chi connectivity index (χ0v) is 22.2. The van der Waals surface area contributed by atoms with E-state index in [0.29, 0.717) is 62.4 Å². The van der Waals surface area contributed by atoms with E-state index >= 15 is 0 Å². The summed E-state index contributed by atoms with van der Waals surface area (Å²) in [5.74, 6) is -1.37. The maximum Gasteiger partial charge on any atom is 0.271 e. The summed E-state index contributed by atoms with van der Waals surface area (Å²) in [6.07, 6.45) is 1.95. The first-order valence-electron chi connectivity index (χ1n) is 12.7. The van der Waals surface area contributed by atoms with Gasteiger partial charge in [0, 0.05) is 50.4 Å². The number of hydrazine groups is 1. The summed E-state index contributed by atoms with van der Waals surface area (Å²) in [5.41, 5.74) is 8.55. The largest absolute Gasteiger partial charge is 0.491 e. The third kappa shape index (κ3) is 5.92. The predicted octanol–water partition coefficient (Wildman–Crippen LogP) is 2.35. The number of benzene rings is 2. The van der Waals surface area contributed by atoms with Crippen LogP contribution in [0.2, 0.25) is 5.02 Å². The highest BCUT2D eigenvalue weighted by Crippen LogP contribution is 2.40. The molecule has 9 nitrogen and oxygen atoms in total. The number of carbonyl (C=O) groups is 1. The van der Waals surface area contributed by atoms with Gasteiger partial charge in [-0.15, -0.1) is 0 Å². The minimum absolute atomic E-state index is 0.0160. The third-order valence-corrected chi connectivity index (χ3v) is 7.51. The van der Waals surface area contributed by atoms with Crippen LogP contribution in [0.25, 0.3) is 10.9 Å². The average Bonchev–Trinajstić information content (AvgIpc) is 3.65. The first-order valence-corrected chi connectivity index (χ1v) is 13.1. The number of aliphatic hydroxyl groups excluding tert-OH is 1. The fourth-order valence-corrected chi connectivity index (χ4v) is 4.83. The number of nitrogens with two attached hydrogens (primary N) is 1. The Labute approximate surface area is 228 Å². The van der Waals surface area contributed by atoms with Crippen LogP contribution in [0.3, 0.4) is 0 Å². The number of aryl methyl sites for hydroxylation is 1. The molecule has 12 heteroatoms. The number of ether oxygens (including phenoxy) is 1. The van der Waals surface area contributed by atoms with Crippen LogP contribution < -0.4 is 21.3 Å². The first-order chi connectivity index (χ1) is 18.5. The van der Waals surface area contributed by atoms with Gasteiger partial charge in [-0.1, -0.05) is 17.7 Å². The van der Waals surface area contributed by atoms with E-state index in [-0.39, 0.29) is 28.4 Å². The van der Waals surface area contributed by atoms with Crippen LogP contribution in [0.5, 0.6) is 5.75 Å². The van der Waals surface area contributed by atoms with Crippen molar-refractivity contribution in [3.8, 4) is 5.75 Å². The summed E-state index contributed by atoms with van der Waals surface area (Å²) in [7, 11) is 0. The van der Waals surface area contributed by atoms with Gasteiger partial charge < -0.3 is 20.1 Å². The van der Waals surface area contributed by atoms with Crippen LogP contribution in [-0.2, 0) is 5.66 Å². The van der Waals surface area contributed by atoms with Crippen LogP contribution in [0.15, 0.2) is 41.3 Å². The molecule has 1 aromatic heterocycles. The molecule has 3 aromatic rings. The topological polar surface area (TPSA) is 113 Å². The van der Waals surface area contributed by atoms with Gasteiger partial charge in [0.15, 0.2) is 0 Å². The number of rotatable bonds is 8. The minimum Gasteiger partial charge on any atom is -0.491 e. The van der Waals surface area contributed by atoms with E-state index in [9.17, 15) is 23.5 Å². The van der Waals surface area contributed by atoms with E-state index in [0.717, 1.165) is 6.07 Å². The molecule has 2 fully saturated rings. The number of pyridine rings is 1. The lowest BCUT2D eigenvalue weighted by Crippen LogP contribution is -2.55. The smallest absolute Gasteiger partial charge is 0.271 e. The van der Waals surface area contributed by atoms with Crippen molar-refractivity contribution in [1.29, 1.82) is 0 Å². The number of carbonyl (C=O) groups excluding carboxylic acids is 1. The van der Waals surface area contributed by atoms with Crippen molar-refractivity contribution < 1.29 is 23.4 Å². The van der Waals surface area contributed by atoms with Gasteiger partial charge in [-0.25, -0.2) is 13.8 Å². The lowest BCUT2D eigenvalue weighted by molar-refractivity contribution is 0.0316. The fourth-order valence-electron chi connectivity index (χ4n) is 4.67. The van der Waals surface area contributed by atoms with E-state index < -0.39 is 28.9 Å². The summed E-state index contributed by atoms with van der Waals surface area (Å²) in [6.45, 7) is 4.03. The Morgan fingerprint density at radius 3 is 2.56 bits per heavy atom. The highest BCUT2D eigenvalue weighted by Gasteiger charge is 2.41. The number of halogens is 3. The molecule has 0 bridgehead atoms. The van der Waals surface area contributed by atoms with Gasteiger partial charge in [-0.05, 0) is 43.5 Å². The molecular weight excluding hydrogens is 532 g/mol.